The van der Waals surface area contributed by atoms with Gasteiger partial charge in [-0.05, 0) is 88.8 Å². The van der Waals surface area contributed by atoms with Gasteiger partial charge in [0.05, 0.1) is 25.3 Å². The van der Waals surface area contributed by atoms with Gasteiger partial charge in [0.15, 0.2) is 5.96 Å². The van der Waals surface area contributed by atoms with E-state index in [9.17, 15) is 131 Å². The largest absolute Gasteiger partial charge is 0.481 e. The zero-order chi connectivity index (χ0) is 96.0. The maximum Gasteiger partial charge on any atom is 0.305 e. The van der Waals surface area contributed by atoms with Gasteiger partial charge in [0.1, 0.15) is 72.5 Å². The molecule has 0 spiro atoms. The molecule has 128 heavy (non-hydrogen) atoms. The Morgan fingerprint density at radius 2 is 0.867 bits per heavy atom. The first kappa shape index (κ1) is 112. The predicted molar refractivity (Wildman–Crippen MR) is 458 cm³/mol. The molecule has 0 aromatic heterocycles. The number of hydrogen-bond donors (Lipinski definition) is 31. The van der Waals surface area contributed by atoms with Gasteiger partial charge in [-0.3, -0.25) is 111 Å². The van der Waals surface area contributed by atoms with Gasteiger partial charge in [-0.25, -0.2) is 0 Å². The van der Waals surface area contributed by atoms with Crippen molar-refractivity contribution in [2.75, 3.05) is 88.5 Å². The number of nitrogens with one attached hydrogen (secondary N) is 19. The van der Waals surface area contributed by atoms with Gasteiger partial charge in [-0.15, -0.1) is 11.8 Å². The van der Waals surface area contributed by atoms with Crippen molar-refractivity contribution in [2.24, 2.45) is 28.9 Å². The van der Waals surface area contributed by atoms with Crippen molar-refractivity contribution in [2.45, 2.75) is 188 Å². The molecule has 714 valence electrons. The molecule has 12 atom stereocenters. The number of unbranched alkanes of at least 4 members (excludes halogenated alkanes) is 1. The zero-order valence-electron chi connectivity index (χ0n) is 69.8. The van der Waals surface area contributed by atoms with E-state index in [1.54, 1.807) is 18.2 Å². The highest BCUT2D eigenvalue weighted by atomic mass is 32.2. The lowest BCUT2D eigenvalue weighted by Gasteiger charge is -2.27. The van der Waals surface area contributed by atoms with Crippen molar-refractivity contribution in [3.05, 3.63) is 35.9 Å². The Hall–Kier alpha value is -12.3. The number of thiol groups is 2. The second-order valence-corrected chi connectivity index (χ2v) is 30.7. The van der Waals surface area contributed by atoms with E-state index in [2.05, 4.69) is 121 Å². The van der Waals surface area contributed by atoms with Crippen molar-refractivity contribution in [1.82, 2.24) is 95.7 Å². The van der Waals surface area contributed by atoms with Crippen LogP contribution in [0.3, 0.4) is 0 Å². The van der Waals surface area contributed by atoms with Gasteiger partial charge in [-0.2, -0.15) is 25.3 Å². The van der Waals surface area contributed by atoms with Gasteiger partial charge >= 0.3 is 35.8 Å². The van der Waals surface area contributed by atoms with E-state index in [1.165, 1.54) is 12.1 Å². The highest BCUT2D eigenvalue weighted by Gasteiger charge is 2.38. The minimum Gasteiger partial charge on any atom is -0.481 e. The summed E-state index contributed by atoms with van der Waals surface area (Å²) in [5.74, 6) is -31.2. The number of primary amides is 1. The van der Waals surface area contributed by atoms with E-state index in [-0.39, 0.29) is 63.4 Å². The van der Waals surface area contributed by atoms with Crippen LogP contribution in [0.2, 0.25) is 0 Å². The van der Waals surface area contributed by atoms with Gasteiger partial charge in [0.25, 0.3) is 0 Å². The van der Waals surface area contributed by atoms with Gasteiger partial charge in [0.2, 0.25) is 94.5 Å². The lowest BCUT2D eigenvalue weighted by atomic mass is 10.0. The van der Waals surface area contributed by atoms with Crippen molar-refractivity contribution in [3.8, 4) is 0 Å². The molecule has 1 heterocycles. The molecule has 1 aromatic carbocycles. The van der Waals surface area contributed by atoms with Gasteiger partial charge < -0.3 is 149 Å². The molecular weight excluding hydrogens is 1760 g/mol. The first-order valence-corrected chi connectivity index (χ1v) is 42.8. The van der Waals surface area contributed by atoms with Crippen molar-refractivity contribution >= 4 is 173 Å². The second-order valence-electron chi connectivity index (χ2n) is 29.0. The molecule has 1 aromatic rings. The fourth-order valence-electron chi connectivity index (χ4n) is 11.9. The van der Waals surface area contributed by atoms with Crippen LogP contribution in [-0.4, -0.2) is 328 Å². The van der Waals surface area contributed by atoms with Crippen LogP contribution in [0, 0.1) is 11.3 Å². The Morgan fingerprint density at radius 1 is 0.453 bits per heavy atom. The molecule has 0 bridgehead atoms. The van der Waals surface area contributed by atoms with Gasteiger partial charge in [0, 0.05) is 101 Å². The average Bonchev–Trinajstić information content (AvgIpc) is 0.913. The fraction of sp³-hybridized carbons (Fsp3) is 0.608. The number of benzene rings is 1. The number of guanidine groups is 1. The van der Waals surface area contributed by atoms with Crippen molar-refractivity contribution < 1.29 is 136 Å². The molecule has 1 saturated heterocycles. The highest BCUT2D eigenvalue weighted by Crippen LogP contribution is 2.14. The van der Waals surface area contributed by atoms with Crippen LogP contribution >= 0.6 is 37.0 Å². The minimum atomic E-state index is -2.09. The fourth-order valence-corrected chi connectivity index (χ4v) is 13.2. The number of carboxylic acids is 6. The molecule has 2 rings (SSSR count). The molecule has 1 aliphatic heterocycles. The summed E-state index contributed by atoms with van der Waals surface area (Å²) in [5.41, 5.74) is 22.4. The molecule has 0 aliphatic carbocycles. The van der Waals surface area contributed by atoms with Crippen LogP contribution < -0.4 is 119 Å². The Bertz CT molecular complexity index is 3980. The number of amides is 16. The zero-order valence-corrected chi connectivity index (χ0v) is 72.4. The maximum absolute atomic E-state index is 14.9. The third-order valence-corrected chi connectivity index (χ3v) is 20.3. The third kappa shape index (κ3) is 47.9. The molecule has 0 unspecified atom stereocenters. The molecule has 54 heteroatoms. The summed E-state index contributed by atoms with van der Waals surface area (Å²) in [6.07, 6.45) is -9.88. The summed E-state index contributed by atoms with van der Waals surface area (Å²) in [6, 6.07) is -14.2. The summed E-state index contributed by atoms with van der Waals surface area (Å²) < 4.78 is 0. The van der Waals surface area contributed by atoms with E-state index < -0.39 is 316 Å². The maximum atomic E-state index is 14.9. The lowest BCUT2D eigenvalue weighted by molar-refractivity contribution is -0.141. The number of nitrogens with two attached hydrogens (primary N) is 4. The highest BCUT2D eigenvalue weighted by molar-refractivity contribution is 8.00. The molecule has 1 aliphatic rings. The normalized spacial score (nSPS) is 18.8. The standard InChI is InChI=1S/C74H117N23O28S3/c75-21-25-80-30-39(31-81-26-22-76)28-52(98)82-23-5-4-9-42-65(117)95-49(34-126)72(124)90-41(10-6-24-83-74(78)79)63(115)84-33-54(100)88-48(29-61(112)113)71(123)96-50(35-127)73(125)94-47(27-38-7-2-1-3-8-38)70(122)97-51(36-128-37-55(101)87-42)64(116)85-32-53(99)86-43(12-17-57(104)105)66(118)91-45(14-19-59(108)109)68(120)93-46(15-20-60(110)111)69(121)92-44(13-18-58(106)107)67(119)89-40(62(77)114)11-16-56(102)103/h1-3,7-8,39-51,80-81,126-127H,4-6,9-37,75-76H2,(H2,77,114)(H,82,98)(H,84,115)(H,85,116)(H,86,99)(H,87,101)(H,88,100)(H,89,119)(H,90,124)(H,91,118)(H,92,121)(H,93,120)(H,94,125)(H,95,117)(H,96,123)(H,97,122)(H,102,103)(H,104,105)(H,106,107)(H,108,109)(H,110,111)(H,112,113)(H4,78,79,83)/t40-,41-,42-,43-,44-,45-,46-,47-,48-,49-,50-,51-/m0/s1. The second kappa shape index (κ2) is 62.0. The van der Waals surface area contributed by atoms with E-state index in [1.807, 2.05) is 0 Å². The SMILES string of the molecule is N=C(N)NCCC[C@@H]1NC(=O)[C@H](CS)NC(=O)[C@H](CCCCNC(=O)CC(CNCCN)CNCCN)NC(=O)CSC[C@@H](C(=O)NCC(=O)N[C@@H](CCC(=O)O)C(=O)N[C@@H](CCC(=O)O)C(=O)N[C@@H](CCC(=O)O)C(=O)N[C@@H](CCC(=O)O)C(=O)N[C@@H](CCC(=O)O)C(N)=O)NC(=O)[C@H](Cc2ccccc2)NC(=O)[C@H](CS)NC(=O)[C@H](CC(=O)O)NC(=O)CNC1=O. The van der Waals surface area contributed by atoms with Gasteiger partial charge in [-0.1, -0.05) is 30.3 Å². The smallest absolute Gasteiger partial charge is 0.305 e. The van der Waals surface area contributed by atoms with Crippen LogP contribution in [0.15, 0.2) is 30.3 Å². The summed E-state index contributed by atoms with van der Waals surface area (Å²) in [6.45, 7) is 0.398. The Morgan fingerprint density at radius 3 is 1.33 bits per heavy atom. The molecule has 0 saturated carbocycles. The molecule has 51 nitrogen and oxygen atoms in total. The van der Waals surface area contributed by atoms with Crippen LogP contribution in [-0.2, 0) is 112 Å². The van der Waals surface area contributed by atoms with E-state index in [0.29, 0.717) is 56.6 Å². The van der Waals surface area contributed by atoms with Crippen molar-refractivity contribution in [3.63, 3.8) is 0 Å². The summed E-state index contributed by atoms with van der Waals surface area (Å²) in [5, 5.41) is 109. The van der Waals surface area contributed by atoms with E-state index >= 15 is 0 Å². The van der Waals surface area contributed by atoms with E-state index in [4.69, 9.17) is 33.5 Å². The Balaban J connectivity index is 2.83. The summed E-state index contributed by atoms with van der Waals surface area (Å²) >= 11 is 9.08. The number of thioether (sulfide) groups is 1. The van der Waals surface area contributed by atoms with E-state index in [0.717, 1.165) is 0 Å². The third-order valence-electron chi connectivity index (χ3n) is 18.5. The van der Waals surface area contributed by atoms with Crippen molar-refractivity contribution in [1.29, 1.82) is 5.41 Å². The van der Waals surface area contributed by atoms with Crippen LogP contribution in [0.25, 0.3) is 0 Å². The summed E-state index contributed by atoms with van der Waals surface area (Å²) in [4.78, 5) is 294. The number of carbonyl (C=O) groups is 22. The number of carbonyl (C=O) groups excluding carboxylic acids is 16. The molecular formula is C74H117N23O28S3. The van der Waals surface area contributed by atoms with Crippen LogP contribution in [0.5, 0.6) is 0 Å². The molecule has 1 fully saturated rings. The topological polar surface area (TPSA) is 841 Å². The average molecular weight is 1870 g/mol. The monoisotopic (exact) mass is 1870 g/mol. The minimum absolute atomic E-state index is 0.0203. The summed E-state index contributed by atoms with van der Waals surface area (Å²) in [7, 11) is 0. The Labute approximate surface area is 748 Å². The number of aliphatic carboxylic acids is 6. The van der Waals surface area contributed by atoms with Crippen LogP contribution in [0.4, 0.5) is 0 Å². The predicted octanol–water partition coefficient (Wildman–Crippen LogP) is -11.2. The number of carboxylic acid groups (broad SMARTS) is 6. The Kier molecular flexibility index (Phi) is 54.1. The number of rotatable bonds is 53. The first-order valence-electron chi connectivity index (χ1n) is 40.4. The lowest BCUT2D eigenvalue weighted by Crippen LogP contribution is -2.60. The van der Waals surface area contributed by atoms with Crippen LogP contribution in [0.1, 0.15) is 115 Å². The number of hydrogen-bond acceptors (Lipinski definition) is 30. The quantitative estimate of drug-likeness (QED) is 0.0125. The molecule has 33 N–H and O–H groups in total. The first-order chi connectivity index (χ1) is 60.6. The molecule has 0 radical (unpaired) electrons. The molecule has 16 amide bonds.